The minimum Gasteiger partial charge on any atom is -0.471 e. The van der Waals surface area contributed by atoms with Crippen LogP contribution in [0.15, 0.2) is 73.1 Å². The highest BCUT2D eigenvalue weighted by Gasteiger charge is 2.11. The molecule has 4 aromatic rings. The zero-order chi connectivity index (χ0) is 20.9. The van der Waals surface area contributed by atoms with E-state index in [-0.39, 0.29) is 12.6 Å². The molecule has 0 saturated carbocycles. The van der Waals surface area contributed by atoms with Crippen LogP contribution in [0.5, 0.6) is 5.75 Å². The van der Waals surface area contributed by atoms with Crippen molar-refractivity contribution < 1.29 is 9.53 Å². The molecule has 0 unspecified atom stereocenters. The van der Waals surface area contributed by atoms with Gasteiger partial charge in [0, 0.05) is 31.0 Å². The Kier molecular flexibility index (Phi) is 5.61. The third-order valence-electron chi connectivity index (χ3n) is 4.97. The lowest BCUT2D eigenvalue weighted by Gasteiger charge is -2.08. The molecule has 0 spiro atoms. The number of hydrogen-bond donors (Lipinski definition) is 1. The van der Waals surface area contributed by atoms with E-state index in [0.717, 1.165) is 28.1 Å². The van der Waals surface area contributed by atoms with Crippen molar-refractivity contribution in [3.05, 3.63) is 90.0 Å². The summed E-state index contributed by atoms with van der Waals surface area (Å²) < 4.78 is 9.15. The number of carbonyl (C=O) groups is 1. The van der Waals surface area contributed by atoms with E-state index in [2.05, 4.69) is 27.6 Å². The van der Waals surface area contributed by atoms with E-state index in [9.17, 15) is 4.79 Å². The summed E-state index contributed by atoms with van der Waals surface area (Å²) in [6.45, 7) is 2.60. The number of hydrogen-bond acceptors (Lipinski definition) is 4. The number of carbonyl (C=O) groups excluding carboxylic acids is 1. The van der Waals surface area contributed by atoms with Crippen molar-refractivity contribution in [2.45, 2.75) is 20.2 Å². The fourth-order valence-electron chi connectivity index (χ4n) is 3.05. The number of benzene rings is 2. The first kappa shape index (κ1) is 19.4. The number of rotatable bonds is 7. The first-order valence-electron chi connectivity index (χ1n) is 9.67. The predicted octanol–water partition coefficient (Wildman–Crippen LogP) is 3.56. The van der Waals surface area contributed by atoms with Crippen molar-refractivity contribution in [2.24, 2.45) is 7.05 Å². The Morgan fingerprint density at radius 1 is 1.03 bits per heavy atom. The van der Waals surface area contributed by atoms with E-state index in [4.69, 9.17) is 4.74 Å². The minimum atomic E-state index is -0.232. The average Bonchev–Trinajstić information content (AvgIpc) is 3.39. The summed E-state index contributed by atoms with van der Waals surface area (Å²) in [4.78, 5) is 12.3. The molecule has 0 saturated heterocycles. The number of nitrogens with one attached hydrogen (secondary N) is 1. The molecule has 152 valence electrons. The molecular formula is C23H23N5O2. The van der Waals surface area contributed by atoms with E-state index in [0.29, 0.717) is 12.2 Å². The zero-order valence-electron chi connectivity index (χ0n) is 16.9. The predicted molar refractivity (Wildman–Crippen MR) is 114 cm³/mol. The lowest BCUT2D eigenvalue weighted by atomic mass is 10.1. The molecule has 0 aliphatic carbocycles. The van der Waals surface area contributed by atoms with Crippen LogP contribution in [0.3, 0.4) is 0 Å². The highest BCUT2D eigenvalue weighted by Crippen LogP contribution is 2.22. The molecule has 1 N–H and O–H groups in total. The molecule has 0 aliphatic rings. The maximum absolute atomic E-state index is 12.3. The van der Waals surface area contributed by atoms with Crippen molar-refractivity contribution in [2.75, 3.05) is 0 Å². The minimum absolute atomic E-state index is 0.222. The standard InChI is InChI=1S/C23H23N5O2/c1-17-20(15-25-27(17)2)14-24-23(29)22-12-13-28(26-22)16-30-21-10-8-19(9-11-21)18-6-4-3-5-7-18/h3-13,15H,14,16H2,1-2H3,(H,24,29). The van der Waals surface area contributed by atoms with E-state index >= 15 is 0 Å². The smallest absolute Gasteiger partial charge is 0.272 e. The van der Waals surface area contributed by atoms with Gasteiger partial charge in [0.1, 0.15) is 11.4 Å². The van der Waals surface area contributed by atoms with Gasteiger partial charge >= 0.3 is 0 Å². The molecule has 7 heteroatoms. The topological polar surface area (TPSA) is 74.0 Å². The summed E-state index contributed by atoms with van der Waals surface area (Å²) in [5.41, 5.74) is 4.64. The Morgan fingerprint density at radius 3 is 2.47 bits per heavy atom. The quantitative estimate of drug-likeness (QED) is 0.514. The van der Waals surface area contributed by atoms with E-state index in [1.165, 1.54) is 0 Å². The third kappa shape index (κ3) is 4.41. The van der Waals surface area contributed by atoms with Gasteiger partial charge in [0.2, 0.25) is 0 Å². The second kappa shape index (κ2) is 8.65. The average molecular weight is 401 g/mol. The van der Waals surface area contributed by atoms with Gasteiger partial charge in [-0.1, -0.05) is 42.5 Å². The molecule has 2 heterocycles. The molecule has 0 fully saturated rings. The number of ether oxygens (including phenoxy) is 1. The van der Waals surface area contributed by atoms with Gasteiger partial charge in [-0.15, -0.1) is 0 Å². The van der Waals surface area contributed by atoms with Crippen molar-refractivity contribution in [1.82, 2.24) is 24.9 Å². The van der Waals surface area contributed by atoms with Gasteiger partial charge in [0.15, 0.2) is 6.73 Å². The zero-order valence-corrected chi connectivity index (χ0v) is 16.9. The second-order valence-electron chi connectivity index (χ2n) is 6.97. The summed E-state index contributed by atoms with van der Waals surface area (Å²) in [6.07, 6.45) is 3.48. The molecule has 2 aromatic carbocycles. The molecule has 0 bridgehead atoms. The molecule has 2 aromatic heterocycles. The number of nitrogens with zero attached hydrogens (tertiary/aromatic N) is 4. The molecule has 0 atom stereocenters. The Hall–Kier alpha value is -3.87. The highest BCUT2D eigenvalue weighted by atomic mass is 16.5. The molecule has 4 rings (SSSR count). The lowest BCUT2D eigenvalue weighted by molar-refractivity contribution is 0.0944. The maximum atomic E-state index is 12.3. The first-order valence-corrected chi connectivity index (χ1v) is 9.67. The Labute approximate surface area is 174 Å². The highest BCUT2D eigenvalue weighted by molar-refractivity contribution is 5.92. The summed E-state index contributed by atoms with van der Waals surface area (Å²) in [7, 11) is 1.87. The number of aromatic nitrogens is 4. The van der Waals surface area contributed by atoms with Gasteiger partial charge in [0.05, 0.1) is 6.20 Å². The van der Waals surface area contributed by atoms with Crippen LogP contribution in [-0.4, -0.2) is 25.5 Å². The van der Waals surface area contributed by atoms with Crippen LogP contribution in [-0.2, 0) is 20.3 Å². The Bertz CT molecular complexity index is 1130. The fourth-order valence-corrected chi connectivity index (χ4v) is 3.05. The summed E-state index contributed by atoms with van der Waals surface area (Å²) in [5.74, 6) is 0.507. The van der Waals surface area contributed by atoms with Crippen molar-refractivity contribution in [3.63, 3.8) is 0 Å². The number of aryl methyl sites for hydroxylation is 1. The van der Waals surface area contributed by atoms with Crippen LogP contribution in [0.1, 0.15) is 21.7 Å². The molecule has 1 amide bonds. The summed E-state index contributed by atoms with van der Waals surface area (Å²) >= 11 is 0. The first-order chi connectivity index (χ1) is 14.6. The van der Waals surface area contributed by atoms with Crippen molar-refractivity contribution in [3.8, 4) is 16.9 Å². The van der Waals surface area contributed by atoms with Crippen LogP contribution >= 0.6 is 0 Å². The Morgan fingerprint density at radius 2 is 1.77 bits per heavy atom. The van der Waals surface area contributed by atoms with Crippen LogP contribution in [0.4, 0.5) is 0 Å². The van der Waals surface area contributed by atoms with Gasteiger partial charge < -0.3 is 10.1 Å². The van der Waals surface area contributed by atoms with Gasteiger partial charge in [0.25, 0.3) is 5.91 Å². The maximum Gasteiger partial charge on any atom is 0.272 e. The summed E-state index contributed by atoms with van der Waals surface area (Å²) in [6, 6.07) is 19.7. The van der Waals surface area contributed by atoms with Crippen LogP contribution in [0, 0.1) is 6.92 Å². The normalized spacial score (nSPS) is 10.7. The number of amides is 1. The third-order valence-corrected chi connectivity index (χ3v) is 4.97. The van der Waals surface area contributed by atoms with Crippen LogP contribution < -0.4 is 10.1 Å². The van der Waals surface area contributed by atoms with Gasteiger partial charge in [-0.2, -0.15) is 10.2 Å². The molecular weight excluding hydrogens is 378 g/mol. The van der Waals surface area contributed by atoms with Crippen LogP contribution in [0.25, 0.3) is 11.1 Å². The SMILES string of the molecule is Cc1c(CNC(=O)c2ccn(COc3ccc(-c4ccccc4)cc3)n2)cnn1C. The second-order valence-corrected chi connectivity index (χ2v) is 6.97. The van der Waals surface area contributed by atoms with Gasteiger partial charge in [-0.05, 0) is 36.2 Å². The van der Waals surface area contributed by atoms with E-state index in [1.54, 1.807) is 27.8 Å². The monoisotopic (exact) mass is 401 g/mol. The van der Waals surface area contributed by atoms with Crippen LogP contribution in [0.2, 0.25) is 0 Å². The van der Waals surface area contributed by atoms with E-state index in [1.807, 2.05) is 56.4 Å². The summed E-state index contributed by atoms with van der Waals surface area (Å²) in [5, 5.41) is 11.3. The Balaban J connectivity index is 1.31. The van der Waals surface area contributed by atoms with Gasteiger partial charge in [-0.25, -0.2) is 4.68 Å². The van der Waals surface area contributed by atoms with E-state index < -0.39 is 0 Å². The largest absolute Gasteiger partial charge is 0.471 e. The van der Waals surface area contributed by atoms with Gasteiger partial charge in [-0.3, -0.25) is 9.48 Å². The van der Waals surface area contributed by atoms with Crippen molar-refractivity contribution >= 4 is 5.91 Å². The molecule has 7 nitrogen and oxygen atoms in total. The van der Waals surface area contributed by atoms with Crippen molar-refractivity contribution in [1.29, 1.82) is 0 Å². The molecule has 30 heavy (non-hydrogen) atoms. The molecule has 0 radical (unpaired) electrons. The lowest BCUT2D eigenvalue weighted by Crippen LogP contribution is -2.24. The fraction of sp³-hybridized carbons (Fsp3) is 0.174. The molecule has 0 aliphatic heterocycles.